The standard InChI is InChI=1S/C16H17N5O2/c1-10-7-17-15(20-10)14-8-23-5-4-21(14)16(22)11-2-3-12-13(6-11)19-9-18-12/h2-3,6-7,9,14H,4-5,8H2,1H3,(H,17,20)(H,18,19)/t14-/m0/s1. The third-order valence-electron chi connectivity index (χ3n) is 4.09. The molecule has 2 N–H and O–H groups in total. The number of hydrogen-bond donors (Lipinski definition) is 2. The van der Waals surface area contributed by atoms with Gasteiger partial charge in [-0.15, -0.1) is 0 Å². The van der Waals surface area contributed by atoms with Crippen LogP contribution in [0.3, 0.4) is 0 Å². The molecule has 1 amide bonds. The third-order valence-corrected chi connectivity index (χ3v) is 4.09. The number of ether oxygens (including phenoxy) is 1. The van der Waals surface area contributed by atoms with Crippen molar-refractivity contribution in [1.82, 2.24) is 24.8 Å². The van der Waals surface area contributed by atoms with Crippen LogP contribution in [0.2, 0.25) is 0 Å². The molecule has 0 spiro atoms. The van der Waals surface area contributed by atoms with E-state index >= 15 is 0 Å². The van der Waals surface area contributed by atoms with Crippen molar-refractivity contribution < 1.29 is 9.53 Å². The largest absolute Gasteiger partial charge is 0.377 e. The maximum Gasteiger partial charge on any atom is 0.254 e. The molecular weight excluding hydrogens is 294 g/mol. The molecule has 0 unspecified atom stereocenters. The number of aromatic amines is 2. The van der Waals surface area contributed by atoms with Gasteiger partial charge in [0.25, 0.3) is 5.91 Å². The summed E-state index contributed by atoms with van der Waals surface area (Å²) in [7, 11) is 0. The van der Waals surface area contributed by atoms with Crippen LogP contribution in [0, 0.1) is 6.92 Å². The Hall–Kier alpha value is -2.67. The number of nitrogens with zero attached hydrogens (tertiary/aromatic N) is 3. The Morgan fingerprint density at radius 1 is 1.39 bits per heavy atom. The van der Waals surface area contributed by atoms with E-state index in [1.165, 1.54) is 0 Å². The zero-order valence-corrected chi connectivity index (χ0v) is 12.7. The van der Waals surface area contributed by atoms with Gasteiger partial charge in [0.05, 0.1) is 30.6 Å². The van der Waals surface area contributed by atoms with Crippen molar-refractivity contribution in [2.75, 3.05) is 19.8 Å². The van der Waals surface area contributed by atoms with Crippen LogP contribution in [0.5, 0.6) is 0 Å². The van der Waals surface area contributed by atoms with Gasteiger partial charge >= 0.3 is 0 Å². The van der Waals surface area contributed by atoms with Crippen LogP contribution in [0.25, 0.3) is 11.0 Å². The van der Waals surface area contributed by atoms with E-state index in [-0.39, 0.29) is 11.9 Å². The van der Waals surface area contributed by atoms with E-state index in [1.807, 2.05) is 30.0 Å². The first-order valence-corrected chi connectivity index (χ1v) is 7.56. The van der Waals surface area contributed by atoms with Crippen LogP contribution in [0.4, 0.5) is 0 Å². The molecule has 7 nitrogen and oxygen atoms in total. The van der Waals surface area contributed by atoms with Crippen LogP contribution in [-0.4, -0.2) is 50.5 Å². The first-order valence-electron chi connectivity index (χ1n) is 7.56. The summed E-state index contributed by atoms with van der Waals surface area (Å²) < 4.78 is 5.55. The van der Waals surface area contributed by atoms with Crippen LogP contribution in [-0.2, 0) is 4.74 Å². The topological polar surface area (TPSA) is 86.9 Å². The third kappa shape index (κ3) is 2.49. The lowest BCUT2D eigenvalue weighted by Crippen LogP contribution is -2.43. The fourth-order valence-electron chi connectivity index (χ4n) is 2.91. The normalized spacial score (nSPS) is 18.5. The molecule has 4 rings (SSSR count). The van der Waals surface area contributed by atoms with E-state index in [0.29, 0.717) is 25.3 Å². The van der Waals surface area contributed by atoms with Gasteiger partial charge in [-0.05, 0) is 25.1 Å². The first-order chi connectivity index (χ1) is 11.2. The summed E-state index contributed by atoms with van der Waals surface area (Å²) in [5.74, 6) is 0.738. The minimum atomic E-state index is -0.192. The summed E-state index contributed by atoms with van der Waals surface area (Å²) in [6, 6.07) is 5.31. The number of benzene rings is 1. The summed E-state index contributed by atoms with van der Waals surface area (Å²) in [5.41, 5.74) is 3.31. The number of carbonyl (C=O) groups is 1. The number of carbonyl (C=O) groups excluding carboxylic acids is 1. The van der Waals surface area contributed by atoms with Gasteiger partial charge in [0.2, 0.25) is 0 Å². The molecule has 3 aromatic rings. The number of imidazole rings is 2. The molecule has 1 fully saturated rings. The molecule has 0 aliphatic carbocycles. The average molecular weight is 311 g/mol. The number of aryl methyl sites for hydroxylation is 1. The molecule has 1 aliphatic rings. The Morgan fingerprint density at radius 2 is 2.30 bits per heavy atom. The fourth-order valence-corrected chi connectivity index (χ4v) is 2.91. The lowest BCUT2D eigenvalue weighted by molar-refractivity contribution is -0.00500. The van der Waals surface area contributed by atoms with Crippen molar-refractivity contribution in [2.24, 2.45) is 0 Å². The van der Waals surface area contributed by atoms with Gasteiger partial charge in [0.15, 0.2) is 0 Å². The smallest absolute Gasteiger partial charge is 0.254 e. The quantitative estimate of drug-likeness (QED) is 0.755. The highest BCUT2D eigenvalue weighted by Gasteiger charge is 2.31. The van der Waals surface area contributed by atoms with E-state index < -0.39 is 0 Å². The van der Waals surface area contributed by atoms with E-state index in [9.17, 15) is 4.79 Å². The van der Waals surface area contributed by atoms with Gasteiger partial charge in [-0.1, -0.05) is 0 Å². The minimum Gasteiger partial charge on any atom is -0.377 e. The zero-order chi connectivity index (χ0) is 15.8. The Morgan fingerprint density at radius 3 is 3.13 bits per heavy atom. The molecular formula is C16H17N5O2. The monoisotopic (exact) mass is 311 g/mol. The highest BCUT2D eigenvalue weighted by atomic mass is 16.5. The molecule has 0 radical (unpaired) electrons. The molecule has 1 saturated heterocycles. The summed E-state index contributed by atoms with van der Waals surface area (Å²) in [6.45, 7) is 3.47. The van der Waals surface area contributed by atoms with Crippen LogP contribution >= 0.6 is 0 Å². The Kier molecular flexibility index (Phi) is 3.34. The van der Waals surface area contributed by atoms with Crippen molar-refractivity contribution in [2.45, 2.75) is 13.0 Å². The first kappa shape index (κ1) is 14.0. The number of morpholine rings is 1. The van der Waals surface area contributed by atoms with Gasteiger partial charge in [-0.2, -0.15) is 0 Å². The van der Waals surface area contributed by atoms with Crippen molar-refractivity contribution in [1.29, 1.82) is 0 Å². The van der Waals surface area contributed by atoms with Crippen LogP contribution < -0.4 is 0 Å². The fraction of sp³-hybridized carbons (Fsp3) is 0.312. The van der Waals surface area contributed by atoms with Crippen LogP contribution in [0.15, 0.2) is 30.7 Å². The molecule has 23 heavy (non-hydrogen) atoms. The van der Waals surface area contributed by atoms with Gasteiger partial charge in [0, 0.05) is 24.0 Å². The molecule has 1 aromatic carbocycles. The second kappa shape index (κ2) is 5.51. The molecule has 2 aromatic heterocycles. The van der Waals surface area contributed by atoms with Gasteiger partial charge in [-0.25, -0.2) is 9.97 Å². The molecule has 7 heteroatoms. The number of aromatic nitrogens is 4. The number of fused-ring (bicyclic) bond motifs is 1. The number of hydrogen-bond acceptors (Lipinski definition) is 4. The predicted molar refractivity (Wildman–Crippen MR) is 84.0 cm³/mol. The van der Waals surface area contributed by atoms with E-state index in [2.05, 4.69) is 19.9 Å². The average Bonchev–Trinajstić information content (AvgIpc) is 3.22. The van der Waals surface area contributed by atoms with E-state index in [0.717, 1.165) is 22.6 Å². The molecule has 3 heterocycles. The summed E-state index contributed by atoms with van der Waals surface area (Å²) in [4.78, 5) is 29.6. The molecule has 1 aliphatic heterocycles. The Bertz CT molecular complexity index is 853. The Labute approximate surface area is 132 Å². The van der Waals surface area contributed by atoms with Gasteiger partial charge < -0.3 is 19.6 Å². The zero-order valence-electron chi connectivity index (χ0n) is 12.7. The van der Waals surface area contributed by atoms with E-state index in [1.54, 1.807) is 12.5 Å². The lowest BCUT2D eigenvalue weighted by Gasteiger charge is -2.34. The predicted octanol–water partition coefficient (Wildman–Crippen LogP) is 1.81. The number of rotatable bonds is 2. The number of amides is 1. The molecule has 0 saturated carbocycles. The highest BCUT2D eigenvalue weighted by Crippen LogP contribution is 2.24. The van der Waals surface area contributed by atoms with Crippen LogP contribution in [0.1, 0.15) is 27.9 Å². The van der Waals surface area contributed by atoms with Crippen molar-refractivity contribution >= 4 is 16.9 Å². The second-order valence-electron chi connectivity index (χ2n) is 5.68. The molecule has 1 atom stereocenters. The van der Waals surface area contributed by atoms with Crippen molar-refractivity contribution in [3.63, 3.8) is 0 Å². The maximum atomic E-state index is 13.0. The number of H-pyrrole nitrogens is 2. The second-order valence-corrected chi connectivity index (χ2v) is 5.68. The SMILES string of the molecule is Cc1cnc([C@@H]2COCCN2C(=O)c2ccc3nc[nH]c3c2)[nH]1. The summed E-state index contributed by atoms with van der Waals surface area (Å²) in [6.07, 6.45) is 3.39. The van der Waals surface area contributed by atoms with Gasteiger partial charge in [-0.3, -0.25) is 4.79 Å². The Balaban J connectivity index is 1.66. The van der Waals surface area contributed by atoms with Gasteiger partial charge in [0.1, 0.15) is 11.9 Å². The van der Waals surface area contributed by atoms with Crippen molar-refractivity contribution in [3.05, 3.63) is 47.8 Å². The molecule has 0 bridgehead atoms. The minimum absolute atomic E-state index is 0.0242. The summed E-state index contributed by atoms with van der Waals surface area (Å²) in [5, 5.41) is 0. The maximum absolute atomic E-state index is 13.0. The van der Waals surface area contributed by atoms with Crippen molar-refractivity contribution in [3.8, 4) is 0 Å². The summed E-state index contributed by atoms with van der Waals surface area (Å²) >= 11 is 0. The lowest BCUT2D eigenvalue weighted by atomic mass is 10.1. The molecule has 118 valence electrons. The van der Waals surface area contributed by atoms with E-state index in [4.69, 9.17) is 4.74 Å². The number of nitrogens with one attached hydrogen (secondary N) is 2. The highest BCUT2D eigenvalue weighted by molar-refractivity contribution is 5.97.